The summed E-state index contributed by atoms with van der Waals surface area (Å²) in [7, 11) is 0. The lowest BCUT2D eigenvalue weighted by atomic mass is 9.70. The molecule has 28 heavy (non-hydrogen) atoms. The van der Waals surface area contributed by atoms with Gasteiger partial charge in [0.15, 0.2) is 0 Å². The quantitative estimate of drug-likeness (QED) is 0.499. The van der Waals surface area contributed by atoms with Crippen molar-refractivity contribution in [2.24, 2.45) is 22.2 Å². The standard InChI is InChI=1S/C25H49N3/c1-7-23(6,10-13-26-17-24(8-9-24)16-21(2)3)18-27-19-25(20-27)11-14-28(15-12-25)22(4)5/h21-22,26H,7-20H2,1-6H3. The van der Waals surface area contributed by atoms with Gasteiger partial charge < -0.3 is 15.1 Å². The second kappa shape index (κ2) is 8.94. The van der Waals surface area contributed by atoms with Gasteiger partial charge in [-0.25, -0.2) is 0 Å². The molecule has 0 aromatic carbocycles. The Hall–Kier alpha value is -0.120. The van der Waals surface area contributed by atoms with Gasteiger partial charge in [0, 0.05) is 32.2 Å². The van der Waals surface area contributed by atoms with E-state index < -0.39 is 0 Å². The summed E-state index contributed by atoms with van der Waals surface area (Å²) in [6, 6.07) is 0.722. The molecule has 2 aliphatic heterocycles. The van der Waals surface area contributed by atoms with Crippen LogP contribution in [0.25, 0.3) is 0 Å². The highest BCUT2D eigenvalue weighted by Gasteiger charge is 2.46. The van der Waals surface area contributed by atoms with Crippen molar-refractivity contribution in [3.05, 3.63) is 0 Å². The van der Waals surface area contributed by atoms with Crippen molar-refractivity contribution in [1.29, 1.82) is 0 Å². The number of likely N-dealkylation sites (tertiary alicyclic amines) is 2. The molecule has 3 aliphatic rings. The van der Waals surface area contributed by atoms with Crippen molar-refractivity contribution in [2.75, 3.05) is 45.8 Å². The average molecular weight is 392 g/mol. The maximum Gasteiger partial charge on any atom is 0.00517 e. The zero-order valence-corrected chi connectivity index (χ0v) is 19.9. The van der Waals surface area contributed by atoms with E-state index in [1.54, 1.807) is 0 Å². The lowest BCUT2D eigenvalue weighted by molar-refractivity contribution is -0.0685. The van der Waals surface area contributed by atoms with E-state index in [1.807, 2.05) is 0 Å². The second-order valence-corrected chi connectivity index (χ2v) is 12.0. The number of hydrogen-bond acceptors (Lipinski definition) is 3. The summed E-state index contributed by atoms with van der Waals surface area (Å²) in [5.41, 5.74) is 1.79. The second-order valence-electron chi connectivity index (χ2n) is 12.0. The van der Waals surface area contributed by atoms with Crippen molar-refractivity contribution >= 4 is 0 Å². The summed E-state index contributed by atoms with van der Waals surface area (Å²) in [6.07, 6.45) is 9.78. The van der Waals surface area contributed by atoms with E-state index >= 15 is 0 Å². The number of hydrogen-bond donors (Lipinski definition) is 1. The molecule has 164 valence electrons. The molecule has 1 N–H and O–H groups in total. The molecule has 0 aromatic heterocycles. The van der Waals surface area contributed by atoms with E-state index in [9.17, 15) is 0 Å². The van der Waals surface area contributed by atoms with Gasteiger partial charge in [-0.15, -0.1) is 0 Å². The zero-order valence-electron chi connectivity index (χ0n) is 19.9. The van der Waals surface area contributed by atoms with Gasteiger partial charge in [0.05, 0.1) is 0 Å². The maximum absolute atomic E-state index is 3.84. The fourth-order valence-corrected chi connectivity index (χ4v) is 5.99. The van der Waals surface area contributed by atoms with Crippen LogP contribution >= 0.6 is 0 Å². The molecule has 3 heteroatoms. The fourth-order valence-electron chi connectivity index (χ4n) is 5.99. The predicted molar refractivity (Wildman–Crippen MR) is 122 cm³/mol. The van der Waals surface area contributed by atoms with E-state index in [0.29, 0.717) is 16.2 Å². The van der Waals surface area contributed by atoms with Crippen LogP contribution < -0.4 is 5.32 Å². The first-order valence-electron chi connectivity index (χ1n) is 12.4. The highest BCUT2D eigenvalue weighted by atomic mass is 15.2. The fraction of sp³-hybridized carbons (Fsp3) is 1.00. The van der Waals surface area contributed by atoms with Crippen LogP contribution in [0.3, 0.4) is 0 Å². The zero-order chi connectivity index (χ0) is 20.4. The number of piperidine rings is 1. The molecule has 0 amide bonds. The molecule has 2 heterocycles. The van der Waals surface area contributed by atoms with Crippen molar-refractivity contribution in [3.63, 3.8) is 0 Å². The van der Waals surface area contributed by atoms with Gasteiger partial charge in [-0.2, -0.15) is 0 Å². The van der Waals surface area contributed by atoms with E-state index in [1.165, 1.54) is 90.8 Å². The van der Waals surface area contributed by atoms with Crippen molar-refractivity contribution in [2.45, 2.75) is 92.5 Å². The van der Waals surface area contributed by atoms with Crippen LogP contribution in [0.2, 0.25) is 0 Å². The molecule has 0 bridgehead atoms. The van der Waals surface area contributed by atoms with Gasteiger partial charge in [-0.3, -0.25) is 0 Å². The lowest BCUT2D eigenvalue weighted by Crippen LogP contribution is -2.62. The van der Waals surface area contributed by atoms with Crippen LogP contribution in [0.4, 0.5) is 0 Å². The van der Waals surface area contributed by atoms with Crippen LogP contribution in [0.15, 0.2) is 0 Å². The summed E-state index contributed by atoms with van der Waals surface area (Å²) >= 11 is 0. The van der Waals surface area contributed by atoms with Crippen LogP contribution in [-0.4, -0.2) is 61.7 Å². The van der Waals surface area contributed by atoms with Crippen LogP contribution in [0, 0.1) is 22.2 Å². The Balaban J connectivity index is 1.35. The van der Waals surface area contributed by atoms with Crippen LogP contribution in [0.5, 0.6) is 0 Å². The molecule has 1 atom stereocenters. The van der Waals surface area contributed by atoms with Gasteiger partial charge in [-0.05, 0) is 101 Å². The molecular formula is C25H49N3. The summed E-state index contributed by atoms with van der Waals surface area (Å²) in [5.74, 6) is 0.844. The Morgan fingerprint density at radius 2 is 1.64 bits per heavy atom. The van der Waals surface area contributed by atoms with E-state index in [4.69, 9.17) is 0 Å². The average Bonchev–Trinajstić information content (AvgIpc) is 3.37. The molecule has 0 aromatic rings. The molecule has 2 saturated heterocycles. The molecule has 3 rings (SSSR count). The first-order valence-corrected chi connectivity index (χ1v) is 12.4. The lowest BCUT2D eigenvalue weighted by Gasteiger charge is -2.56. The normalized spacial score (nSPS) is 26.6. The third-order valence-electron chi connectivity index (χ3n) is 8.37. The van der Waals surface area contributed by atoms with Gasteiger partial charge in [0.2, 0.25) is 0 Å². The first-order chi connectivity index (χ1) is 13.2. The molecule has 1 saturated carbocycles. The van der Waals surface area contributed by atoms with Gasteiger partial charge in [-0.1, -0.05) is 27.7 Å². The molecule has 3 fully saturated rings. The van der Waals surface area contributed by atoms with Crippen LogP contribution in [0.1, 0.15) is 86.5 Å². The van der Waals surface area contributed by atoms with Gasteiger partial charge in [0.1, 0.15) is 0 Å². The minimum Gasteiger partial charge on any atom is -0.316 e. The van der Waals surface area contributed by atoms with E-state index in [-0.39, 0.29) is 0 Å². The maximum atomic E-state index is 3.84. The van der Waals surface area contributed by atoms with Crippen molar-refractivity contribution in [1.82, 2.24) is 15.1 Å². The largest absolute Gasteiger partial charge is 0.316 e. The highest BCUT2D eigenvalue weighted by Crippen LogP contribution is 2.50. The molecular weight excluding hydrogens is 342 g/mol. The summed E-state index contributed by atoms with van der Waals surface area (Å²) in [6.45, 7) is 23.5. The Bertz CT molecular complexity index is 480. The summed E-state index contributed by atoms with van der Waals surface area (Å²) < 4.78 is 0. The van der Waals surface area contributed by atoms with Crippen LogP contribution in [-0.2, 0) is 0 Å². The summed E-state index contributed by atoms with van der Waals surface area (Å²) in [4.78, 5) is 5.44. The monoisotopic (exact) mass is 391 g/mol. The minimum atomic E-state index is 0.474. The predicted octanol–water partition coefficient (Wildman–Crippen LogP) is 5.01. The van der Waals surface area contributed by atoms with Crippen molar-refractivity contribution in [3.8, 4) is 0 Å². The Labute approximate surface area is 176 Å². The molecule has 3 nitrogen and oxygen atoms in total. The highest BCUT2D eigenvalue weighted by molar-refractivity contribution is 5.00. The van der Waals surface area contributed by atoms with Gasteiger partial charge in [0.25, 0.3) is 0 Å². The molecule has 1 spiro atoms. The summed E-state index contributed by atoms with van der Waals surface area (Å²) in [5, 5.41) is 3.84. The minimum absolute atomic E-state index is 0.474. The van der Waals surface area contributed by atoms with E-state index in [0.717, 1.165) is 12.0 Å². The number of nitrogens with one attached hydrogen (secondary N) is 1. The Morgan fingerprint density at radius 1 is 1.00 bits per heavy atom. The molecule has 0 radical (unpaired) electrons. The Morgan fingerprint density at radius 3 is 2.14 bits per heavy atom. The van der Waals surface area contributed by atoms with Crippen molar-refractivity contribution < 1.29 is 0 Å². The third-order valence-corrected chi connectivity index (χ3v) is 8.37. The topological polar surface area (TPSA) is 18.5 Å². The smallest absolute Gasteiger partial charge is 0.00517 e. The SMILES string of the molecule is CCC(C)(CCNCC1(CC(C)C)CC1)CN1CC2(CCN(C(C)C)CC2)C1. The first kappa shape index (κ1) is 22.6. The van der Waals surface area contributed by atoms with Gasteiger partial charge >= 0.3 is 0 Å². The molecule has 1 unspecified atom stereocenters. The van der Waals surface area contributed by atoms with E-state index in [2.05, 4.69) is 56.7 Å². The number of nitrogens with zero attached hydrogens (tertiary/aromatic N) is 2. The Kier molecular flexibility index (Phi) is 7.20. The third kappa shape index (κ3) is 5.73. The number of rotatable bonds is 11. The molecule has 1 aliphatic carbocycles.